The second kappa shape index (κ2) is 7.96. The van der Waals surface area contributed by atoms with Gasteiger partial charge in [-0.1, -0.05) is 31.2 Å². The molecule has 1 heterocycles. The van der Waals surface area contributed by atoms with Gasteiger partial charge in [0.25, 0.3) is 5.91 Å². The van der Waals surface area contributed by atoms with Crippen LogP contribution in [0.1, 0.15) is 46.9 Å². The Labute approximate surface area is 183 Å². The van der Waals surface area contributed by atoms with Crippen LogP contribution < -0.4 is 10.0 Å². The number of carbonyl (C=O) groups is 1. The monoisotopic (exact) mass is 437 g/mol. The lowest BCUT2D eigenvalue weighted by Crippen LogP contribution is -2.25. The molecule has 0 bridgehead atoms. The molecule has 0 radical (unpaired) electrons. The van der Waals surface area contributed by atoms with Crippen molar-refractivity contribution < 1.29 is 13.2 Å². The molecule has 2 N–H and O–H groups in total. The van der Waals surface area contributed by atoms with Crippen LogP contribution in [0.2, 0.25) is 0 Å². The number of carbonyl (C=O) groups excluding carboxylic acids is 1. The first-order chi connectivity index (χ1) is 14.6. The third-order valence-electron chi connectivity index (χ3n) is 5.93. The number of hydrogen-bond donors (Lipinski definition) is 2. The summed E-state index contributed by atoms with van der Waals surface area (Å²) in [6.45, 7) is 4.56. The normalized spacial score (nSPS) is 14.9. The van der Waals surface area contributed by atoms with Gasteiger partial charge in [-0.25, -0.2) is 8.42 Å². The van der Waals surface area contributed by atoms with Crippen LogP contribution in [0.15, 0.2) is 48.7 Å². The van der Waals surface area contributed by atoms with E-state index in [0.717, 1.165) is 28.3 Å². The van der Waals surface area contributed by atoms with Crippen LogP contribution in [0, 0.1) is 6.92 Å². The van der Waals surface area contributed by atoms with Crippen molar-refractivity contribution in [2.24, 2.45) is 0 Å². The number of amides is 1. The lowest BCUT2D eigenvalue weighted by atomic mass is 9.95. The molecule has 0 saturated heterocycles. The standard InChI is InChI=1S/C24H27N3O3S/c1-16-12-21(26-15-22(16)27-31(3,29)30)8-11-25-23(28)19-5-4-18-14-20(24(2)9-10-24)7-6-17(18)13-19/h4-7,12-15,27H,8-11H2,1-3H3,(H,25,28). The highest BCUT2D eigenvalue weighted by molar-refractivity contribution is 7.92. The Morgan fingerprint density at radius 1 is 1.10 bits per heavy atom. The number of rotatable bonds is 7. The molecule has 31 heavy (non-hydrogen) atoms. The summed E-state index contributed by atoms with van der Waals surface area (Å²) < 4.78 is 25.2. The number of aromatic nitrogens is 1. The minimum atomic E-state index is -3.34. The first-order valence-electron chi connectivity index (χ1n) is 10.4. The maximum atomic E-state index is 12.6. The Morgan fingerprint density at radius 2 is 1.81 bits per heavy atom. The summed E-state index contributed by atoms with van der Waals surface area (Å²) in [5, 5.41) is 5.16. The lowest BCUT2D eigenvalue weighted by Gasteiger charge is -2.11. The molecule has 7 heteroatoms. The summed E-state index contributed by atoms with van der Waals surface area (Å²) in [4.78, 5) is 16.9. The molecular weight excluding hydrogens is 410 g/mol. The van der Waals surface area contributed by atoms with Gasteiger partial charge in [0, 0.05) is 24.2 Å². The van der Waals surface area contributed by atoms with Crippen LogP contribution in [0.5, 0.6) is 0 Å². The highest BCUT2D eigenvalue weighted by Crippen LogP contribution is 2.48. The summed E-state index contributed by atoms with van der Waals surface area (Å²) in [5.41, 5.74) is 4.38. The van der Waals surface area contributed by atoms with E-state index in [1.165, 1.54) is 24.6 Å². The second-order valence-corrected chi connectivity index (χ2v) is 10.5. The van der Waals surface area contributed by atoms with Crippen LogP contribution in [0.4, 0.5) is 5.69 Å². The maximum absolute atomic E-state index is 12.6. The number of anilines is 1. The average Bonchev–Trinajstić information content (AvgIpc) is 3.47. The Bertz CT molecular complexity index is 1260. The SMILES string of the molecule is Cc1cc(CCNC(=O)c2ccc3cc(C4(C)CC4)ccc3c2)ncc1NS(C)(=O)=O. The molecule has 4 rings (SSSR count). The van der Waals surface area contributed by atoms with Gasteiger partial charge >= 0.3 is 0 Å². The molecule has 3 aromatic rings. The van der Waals surface area contributed by atoms with Gasteiger partial charge in [0.05, 0.1) is 18.1 Å². The molecule has 162 valence electrons. The van der Waals surface area contributed by atoms with Crippen LogP contribution in [-0.2, 0) is 21.9 Å². The predicted molar refractivity (Wildman–Crippen MR) is 124 cm³/mol. The molecule has 1 amide bonds. The smallest absolute Gasteiger partial charge is 0.251 e. The van der Waals surface area contributed by atoms with E-state index >= 15 is 0 Å². The Balaban J connectivity index is 1.37. The zero-order chi connectivity index (χ0) is 22.2. The number of fused-ring (bicyclic) bond motifs is 1. The molecule has 1 saturated carbocycles. The molecule has 2 aromatic carbocycles. The minimum Gasteiger partial charge on any atom is -0.352 e. The van der Waals surface area contributed by atoms with E-state index in [2.05, 4.69) is 40.1 Å². The summed E-state index contributed by atoms with van der Waals surface area (Å²) in [5.74, 6) is -0.118. The predicted octanol–water partition coefficient (Wildman–Crippen LogP) is 3.94. The number of hydrogen-bond acceptors (Lipinski definition) is 4. The number of nitrogens with one attached hydrogen (secondary N) is 2. The van der Waals surface area contributed by atoms with Crippen molar-refractivity contribution in [1.29, 1.82) is 0 Å². The molecular formula is C24H27N3O3S. The van der Waals surface area contributed by atoms with Crippen LogP contribution >= 0.6 is 0 Å². The van der Waals surface area contributed by atoms with Gasteiger partial charge in [-0.15, -0.1) is 0 Å². The van der Waals surface area contributed by atoms with Crippen LogP contribution in [0.3, 0.4) is 0 Å². The van der Waals surface area contributed by atoms with Crippen molar-refractivity contribution in [2.75, 3.05) is 17.5 Å². The summed E-state index contributed by atoms with van der Waals surface area (Å²) in [6.07, 6.45) is 5.65. The van der Waals surface area contributed by atoms with Gasteiger partial charge in [-0.05, 0) is 65.3 Å². The molecule has 6 nitrogen and oxygen atoms in total. The molecule has 0 unspecified atom stereocenters. The van der Waals surface area contributed by atoms with Gasteiger partial charge in [-0.2, -0.15) is 0 Å². The van der Waals surface area contributed by atoms with Gasteiger partial charge in [0.15, 0.2) is 0 Å². The molecule has 0 atom stereocenters. The number of benzene rings is 2. The summed E-state index contributed by atoms with van der Waals surface area (Å²) in [6, 6.07) is 14.1. The van der Waals surface area contributed by atoms with Crippen molar-refractivity contribution in [3.05, 3.63) is 71.0 Å². The second-order valence-electron chi connectivity index (χ2n) is 8.71. The van der Waals surface area contributed by atoms with Crippen molar-refractivity contribution in [3.63, 3.8) is 0 Å². The van der Waals surface area contributed by atoms with E-state index in [1.807, 2.05) is 31.2 Å². The first-order valence-corrected chi connectivity index (χ1v) is 12.3. The number of aryl methyl sites for hydroxylation is 1. The van der Waals surface area contributed by atoms with Gasteiger partial charge in [0.2, 0.25) is 10.0 Å². The van der Waals surface area contributed by atoms with Crippen molar-refractivity contribution in [3.8, 4) is 0 Å². The highest BCUT2D eigenvalue weighted by Gasteiger charge is 2.38. The number of pyridine rings is 1. The Morgan fingerprint density at radius 3 is 2.48 bits per heavy atom. The first kappa shape index (κ1) is 21.3. The molecule has 1 aliphatic rings. The Kier molecular flexibility index (Phi) is 5.47. The third kappa shape index (κ3) is 5.05. The van der Waals surface area contributed by atoms with Crippen molar-refractivity contribution in [1.82, 2.24) is 10.3 Å². The van der Waals surface area contributed by atoms with E-state index in [4.69, 9.17) is 0 Å². The Hall–Kier alpha value is -2.93. The van der Waals surface area contributed by atoms with Gasteiger partial charge < -0.3 is 5.32 Å². The van der Waals surface area contributed by atoms with E-state index in [0.29, 0.717) is 29.6 Å². The van der Waals surface area contributed by atoms with Gasteiger partial charge in [0.1, 0.15) is 0 Å². The van der Waals surface area contributed by atoms with E-state index in [-0.39, 0.29) is 5.91 Å². The largest absolute Gasteiger partial charge is 0.352 e. The van der Waals surface area contributed by atoms with Crippen molar-refractivity contribution in [2.45, 2.75) is 38.5 Å². The van der Waals surface area contributed by atoms with E-state index in [9.17, 15) is 13.2 Å². The molecule has 1 fully saturated rings. The average molecular weight is 438 g/mol. The zero-order valence-corrected chi connectivity index (χ0v) is 18.8. The number of nitrogens with zero attached hydrogens (tertiary/aromatic N) is 1. The minimum absolute atomic E-state index is 0.118. The van der Waals surface area contributed by atoms with Crippen LogP contribution in [-0.4, -0.2) is 32.1 Å². The fraction of sp³-hybridized carbons (Fsp3) is 0.333. The third-order valence-corrected chi connectivity index (χ3v) is 6.52. The molecule has 0 spiro atoms. The fourth-order valence-corrected chi connectivity index (χ4v) is 4.32. The lowest BCUT2D eigenvalue weighted by molar-refractivity contribution is 0.0954. The molecule has 0 aliphatic heterocycles. The quantitative estimate of drug-likeness (QED) is 0.586. The molecule has 1 aromatic heterocycles. The summed E-state index contributed by atoms with van der Waals surface area (Å²) >= 11 is 0. The van der Waals surface area contributed by atoms with Crippen molar-refractivity contribution >= 4 is 32.4 Å². The highest BCUT2D eigenvalue weighted by atomic mass is 32.2. The van der Waals surface area contributed by atoms with Crippen LogP contribution in [0.25, 0.3) is 10.8 Å². The molecule has 1 aliphatic carbocycles. The fourth-order valence-electron chi connectivity index (χ4n) is 3.70. The topological polar surface area (TPSA) is 88.2 Å². The summed E-state index contributed by atoms with van der Waals surface area (Å²) in [7, 11) is -3.34. The maximum Gasteiger partial charge on any atom is 0.251 e. The van der Waals surface area contributed by atoms with E-state index in [1.54, 1.807) is 0 Å². The van der Waals surface area contributed by atoms with E-state index < -0.39 is 10.0 Å². The zero-order valence-electron chi connectivity index (χ0n) is 18.0. The number of sulfonamides is 1. The van der Waals surface area contributed by atoms with Gasteiger partial charge in [-0.3, -0.25) is 14.5 Å².